The molecule has 0 fully saturated rings. The number of anilines is 4. The van der Waals surface area contributed by atoms with Gasteiger partial charge in [0.25, 0.3) is 0 Å². The van der Waals surface area contributed by atoms with E-state index in [0.717, 1.165) is 33.9 Å². The van der Waals surface area contributed by atoms with Crippen LogP contribution in [0.25, 0.3) is 11.4 Å². The average molecular weight is 395 g/mol. The summed E-state index contributed by atoms with van der Waals surface area (Å²) in [6.07, 6.45) is 5.11. The first-order chi connectivity index (χ1) is 13.5. The van der Waals surface area contributed by atoms with Crippen LogP contribution in [0.4, 0.5) is 23.3 Å². The number of rotatable bonds is 5. The number of nitrogens with zero attached hydrogens (tertiary/aromatic N) is 4. The van der Waals surface area contributed by atoms with Crippen LogP contribution in [0.2, 0.25) is 5.02 Å². The molecule has 142 valence electrons. The highest BCUT2D eigenvalue weighted by molar-refractivity contribution is 6.32. The molecule has 3 aromatic heterocycles. The molecule has 0 spiro atoms. The molecule has 0 saturated heterocycles. The lowest BCUT2D eigenvalue weighted by Crippen LogP contribution is -2.03. The van der Waals surface area contributed by atoms with E-state index in [4.69, 9.17) is 11.6 Å². The normalized spacial score (nSPS) is 10.9. The summed E-state index contributed by atoms with van der Waals surface area (Å²) in [5.74, 6) is 2.40. The molecule has 0 aliphatic heterocycles. The minimum absolute atomic E-state index is 0.410. The van der Waals surface area contributed by atoms with Gasteiger partial charge in [0.2, 0.25) is 5.95 Å². The second kappa shape index (κ2) is 7.32. The van der Waals surface area contributed by atoms with Gasteiger partial charge >= 0.3 is 0 Å². The molecule has 3 heterocycles. The Bertz CT molecular complexity index is 1120. The third-order valence-corrected chi connectivity index (χ3v) is 4.54. The van der Waals surface area contributed by atoms with E-state index in [-0.39, 0.29) is 0 Å². The molecule has 9 heteroatoms. The molecule has 0 amide bonds. The van der Waals surface area contributed by atoms with Crippen molar-refractivity contribution in [2.45, 2.75) is 20.8 Å². The summed E-state index contributed by atoms with van der Waals surface area (Å²) in [5, 5.41) is 13.8. The summed E-state index contributed by atoms with van der Waals surface area (Å²) in [7, 11) is 0. The Morgan fingerprint density at radius 2 is 1.86 bits per heavy atom. The molecule has 28 heavy (non-hydrogen) atoms. The van der Waals surface area contributed by atoms with E-state index in [2.05, 4.69) is 52.9 Å². The molecule has 1 aromatic carbocycles. The molecule has 0 aliphatic rings. The fourth-order valence-corrected chi connectivity index (χ4v) is 3.00. The Morgan fingerprint density at radius 3 is 2.57 bits per heavy atom. The van der Waals surface area contributed by atoms with Crippen molar-refractivity contribution in [3.63, 3.8) is 0 Å². The molecule has 0 unspecified atom stereocenters. The van der Waals surface area contributed by atoms with Crippen molar-refractivity contribution in [2.75, 3.05) is 10.6 Å². The Hall–Kier alpha value is -3.39. The molecule has 4 N–H and O–H groups in total. The lowest BCUT2D eigenvalue weighted by Gasteiger charge is -2.13. The number of benzene rings is 1. The SMILES string of the molecule is Cc1cc(Nc2nc(Nc3cc(C)c(-c4ncc[nH]4)cc3C)ncc2Cl)n[nH]1. The van der Waals surface area contributed by atoms with Gasteiger partial charge in [0.05, 0.1) is 6.20 Å². The third-order valence-electron chi connectivity index (χ3n) is 4.27. The maximum atomic E-state index is 6.23. The Morgan fingerprint density at radius 1 is 1.00 bits per heavy atom. The van der Waals surface area contributed by atoms with E-state index >= 15 is 0 Å². The summed E-state index contributed by atoms with van der Waals surface area (Å²) >= 11 is 6.23. The van der Waals surface area contributed by atoms with Crippen LogP contribution >= 0.6 is 11.6 Å². The zero-order valence-electron chi connectivity index (χ0n) is 15.6. The van der Waals surface area contributed by atoms with Crippen molar-refractivity contribution in [2.24, 2.45) is 0 Å². The number of hydrogen-bond acceptors (Lipinski definition) is 6. The van der Waals surface area contributed by atoms with E-state index in [1.165, 1.54) is 0 Å². The predicted octanol–water partition coefficient (Wildman–Crippen LogP) is 4.66. The first kappa shape index (κ1) is 18.0. The van der Waals surface area contributed by atoms with Crippen LogP contribution in [0.15, 0.2) is 36.8 Å². The Labute approximate surface area is 166 Å². The number of halogens is 1. The second-order valence-electron chi connectivity index (χ2n) is 6.50. The lowest BCUT2D eigenvalue weighted by molar-refractivity contribution is 1.05. The Balaban J connectivity index is 1.60. The summed E-state index contributed by atoms with van der Waals surface area (Å²) in [6.45, 7) is 5.98. The van der Waals surface area contributed by atoms with Gasteiger partial charge < -0.3 is 15.6 Å². The van der Waals surface area contributed by atoms with E-state index in [0.29, 0.717) is 22.6 Å². The molecule has 4 aromatic rings. The summed E-state index contributed by atoms with van der Waals surface area (Å²) in [4.78, 5) is 16.2. The number of aromatic amines is 2. The highest BCUT2D eigenvalue weighted by atomic mass is 35.5. The fourth-order valence-electron chi connectivity index (χ4n) is 2.86. The summed E-state index contributed by atoms with van der Waals surface area (Å²) in [6, 6.07) is 6.00. The largest absolute Gasteiger partial charge is 0.345 e. The van der Waals surface area contributed by atoms with Crippen LogP contribution < -0.4 is 10.6 Å². The Kier molecular flexibility index (Phi) is 4.70. The van der Waals surface area contributed by atoms with Gasteiger partial charge in [0, 0.05) is 35.4 Å². The molecule has 0 radical (unpaired) electrons. The fraction of sp³-hybridized carbons (Fsp3) is 0.158. The smallest absolute Gasteiger partial charge is 0.229 e. The molecular formula is C19H19ClN8. The number of H-pyrrole nitrogens is 2. The van der Waals surface area contributed by atoms with Crippen molar-refractivity contribution in [1.82, 2.24) is 30.1 Å². The van der Waals surface area contributed by atoms with Gasteiger partial charge in [-0.3, -0.25) is 5.10 Å². The van der Waals surface area contributed by atoms with E-state index < -0.39 is 0 Å². The quantitative estimate of drug-likeness (QED) is 0.392. The standard InChI is InChI=1S/C19H19ClN8/c1-10-7-15(11(2)6-13(10)17-21-4-5-22-17)24-19-23-9-14(20)18(26-19)25-16-8-12(3)27-28-16/h4-9H,1-3H3,(H,21,22)(H3,23,24,25,26,27,28). The second-order valence-corrected chi connectivity index (χ2v) is 6.90. The van der Waals surface area contributed by atoms with Crippen molar-refractivity contribution in [3.05, 3.63) is 58.6 Å². The number of aryl methyl sites for hydroxylation is 3. The number of nitrogens with one attached hydrogen (secondary N) is 4. The number of aromatic nitrogens is 6. The zero-order valence-corrected chi connectivity index (χ0v) is 16.4. The average Bonchev–Trinajstić information content (AvgIpc) is 3.32. The molecule has 0 atom stereocenters. The van der Waals surface area contributed by atoms with Gasteiger partial charge in [-0.15, -0.1) is 0 Å². The van der Waals surface area contributed by atoms with Gasteiger partial charge in [-0.05, 0) is 44.0 Å². The highest BCUT2D eigenvalue weighted by Crippen LogP contribution is 2.29. The van der Waals surface area contributed by atoms with Crippen LogP contribution in [-0.2, 0) is 0 Å². The van der Waals surface area contributed by atoms with Crippen LogP contribution in [-0.4, -0.2) is 30.1 Å². The van der Waals surface area contributed by atoms with Crippen LogP contribution in [0.1, 0.15) is 16.8 Å². The predicted molar refractivity (Wildman–Crippen MR) is 110 cm³/mol. The topological polar surface area (TPSA) is 107 Å². The lowest BCUT2D eigenvalue weighted by atomic mass is 10.0. The summed E-state index contributed by atoms with van der Waals surface area (Å²) in [5.41, 5.74) is 5.04. The molecule has 0 bridgehead atoms. The third kappa shape index (κ3) is 3.67. The minimum Gasteiger partial charge on any atom is -0.345 e. The maximum Gasteiger partial charge on any atom is 0.229 e. The monoisotopic (exact) mass is 394 g/mol. The maximum absolute atomic E-state index is 6.23. The summed E-state index contributed by atoms with van der Waals surface area (Å²) < 4.78 is 0. The van der Waals surface area contributed by atoms with Crippen molar-refractivity contribution in [3.8, 4) is 11.4 Å². The van der Waals surface area contributed by atoms with Gasteiger partial charge in [-0.2, -0.15) is 10.1 Å². The van der Waals surface area contributed by atoms with Gasteiger partial charge in [0.15, 0.2) is 11.6 Å². The van der Waals surface area contributed by atoms with E-state index in [1.807, 2.05) is 33.0 Å². The van der Waals surface area contributed by atoms with Crippen molar-refractivity contribution in [1.29, 1.82) is 0 Å². The minimum atomic E-state index is 0.410. The first-order valence-corrected chi connectivity index (χ1v) is 9.07. The van der Waals surface area contributed by atoms with Gasteiger partial charge in [-0.1, -0.05) is 11.6 Å². The van der Waals surface area contributed by atoms with Gasteiger partial charge in [-0.25, -0.2) is 9.97 Å². The molecule has 4 rings (SSSR count). The molecule has 0 aliphatic carbocycles. The van der Waals surface area contributed by atoms with E-state index in [9.17, 15) is 0 Å². The molecular weight excluding hydrogens is 376 g/mol. The van der Waals surface area contributed by atoms with E-state index in [1.54, 1.807) is 12.4 Å². The van der Waals surface area contributed by atoms with Crippen LogP contribution in [0.5, 0.6) is 0 Å². The van der Waals surface area contributed by atoms with Crippen LogP contribution in [0.3, 0.4) is 0 Å². The highest BCUT2D eigenvalue weighted by Gasteiger charge is 2.11. The first-order valence-electron chi connectivity index (χ1n) is 8.69. The molecule has 8 nitrogen and oxygen atoms in total. The zero-order chi connectivity index (χ0) is 19.7. The van der Waals surface area contributed by atoms with Crippen LogP contribution in [0, 0.1) is 20.8 Å². The van der Waals surface area contributed by atoms with Crippen molar-refractivity contribution < 1.29 is 0 Å². The number of hydrogen-bond donors (Lipinski definition) is 4. The van der Waals surface area contributed by atoms with Gasteiger partial charge in [0.1, 0.15) is 10.8 Å². The van der Waals surface area contributed by atoms with Crippen molar-refractivity contribution >= 4 is 34.9 Å². The molecule has 0 saturated carbocycles. The number of imidazole rings is 1.